The number of phenolic OH excluding ortho intramolecular Hbond substituents is 2. The molecule has 1 aliphatic rings. The number of carbonyl (C=O) groups is 3. The van der Waals surface area contributed by atoms with Crippen LogP contribution in [-0.4, -0.2) is 69.8 Å². The summed E-state index contributed by atoms with van der Waals surface area (Å²) in [4.78, 5) is 42.3. The molecule has 0 saturated carbocycles. The Hall–Kier alpha value is -3.68. The topological polar surface area (TPSA) is 189 Å². The Kier molecular flexibility index (Phi) is 7.86. The number of carboxylic acids is 1. The summed E-state index contributed by atoms with van der Waals surface area (Å²) in [5.74, 6) is -3.63. The van der Waals surface area contributed by atoms with Crippen molar-refractivity contribution in [2.45, 2.75) is 37.1 Å². The van der Waals surface area contributed by atoms with E-state index in [0.717, 1.165) is 24.1 Å². The van der Waals surface area contributed by atoms with E-state index in [9.17, 15) is 38.5 Å². The highest BCUT2D eigenvalue weighted by Crippen LogP contribution is 2.36. The van der Waals surface area contributed by atoms with Gasteiger partial charge in [0.1, 0.15) is 0 Å². The van der Waals surface area contributed by atoms with Gasteiger partial charge in [-0.25, -0.2) is 4.79 Å². The number of aromatic hydroxyl groups is 2. The minimum Gasteiger partial charge on any atom is -0.772 e. The number of amides is 2. The average Bonchev–Trinajstić information content (AvgIpc) is 2.81. The molecule has 12 nitrogen and oxygen atoms in total. The minimum atomic E-state index is -2.98. The van der Waals surface area contributed by atoms with Gasteiger partial charge in [-0.3, -0.25) is 13.8 Å². The molecule has 4 atom stereocenters. The monoisotopic (exact) mass is 538 g/mol. The fraction of sp³-hybridized carbons (Fsp3) is 0.273. The van der Waals surface area contributed by atoms with Crippen molar-refractivity contribution in [1.29, 1.82) is 0 Å². The van der Waals surface area contributed by atoms with Gasteiger partial charge in [0.2, 0.25) is 5.91 Å². The molecule has 0 aliphatic carbocycles. The smallest absolute Gasteiger partial charge is 0.328 e. The van der Waals surface area contributed by atoms with Gasteiger partial charge in [-0.1, -0.05) is 16.8 Å². The molecule has 14 heteroatoms. The number of hydrogen-bond acceptors (Lipinski definition) is 9. The molecule has 1 heterocycles. The summed E-state index contributed by atoms with van der Waals surface area (Å²) in [5.41, 5.74) is 0.228. The Labute approximate surface area is 212 Å². The Bertz CT molecular complexity index is 1250. The van der Waals surface area contributed by atoms with Crippen LogP contribution in [0.2, 0.25) is 5.02 Å². The van der Waals surface area contributed by atoms with Gasteiger partial charge in [-0.15, -0.1) is 0 Å². The summed E-state index contributed by atoms with van der Waals surface area (Å²) in [6.45, 7) is 2.72. The number of phenols is 2. The Morgan fingerprint density at radius 2 is 1.94 bits per heavy atom. The first-order chi connectivity index (χ1) is 16.9. The molecule has 0 bridgehead atoms. The van der Waals surface area contributed by atoms with E-state index in [0.29, 0.717) is 5.69 Å². The first-order valence-electron chi connectivity index (χ1n) is 10.3. The number of anilines is 1. The zero-order chi connectivity index (χ0) is 26.8. The predicted octanol–water partition coefficient (Wildman–Crippen LogP) is 2.08. The van der Waals surface area contributed by atoms with E-state index in [1.807, 2.05) is 0 Å². The van der Waals surface area contributed by atoms with Gasteiger partial charge in [0.05, 0.1) is 21.5 Å². The molecule has 2 amide bonds. The van der Waals surface area contributed by atoms with Crippen LogP contribution >= 0.6 is 11.6 Å². The third kappa shape index (κ3) is 5.27. The highest BCUT2D eigenvalue weighted by atomic mass is 35.5. The molecule has 1 aliphatic heterocycles. The van der Waals surface area contributed by atoms with Crippen molar-refractivity contribution in [3.05, 3.63) is 47.0 Å². The van der Waals surface area contributed by atoms with Gasteiger partial charge in [0.25, 0.3) is 5.91 Å². The number of nitrogens with one attached hydrogen (secondary N) is 1. The van der Waals surface area contributed by atoms with Crippen LogP contribution in [0.1, 0.15) is 30.6 Å². The third-order valence-corrected chi connectivity index (χ3v) is 7.00. The van der Waals surface area contributed by atoms with Crippen molar-refractivity contribution >= 4 is 52.4 Å². The van der Waals surface area contributed by atoms with Crippen LogP contribution in [0.15, 0.2) is 41.6 Å². The number of oxime groups is 1. The summed E-state index contributed by atoms with van der Waals surface area (Å²) in [6.07, 6.45) is 0.921. The Morgan fingerprint density at radius 1 is 1.31 bits per heavy atom. The van der Waals surface area contributed by atoms with Crippen molar-refractivity contribution in [3.8, 4) is 17.2 Å². The molecule has 36 heavy (non-hydrogen) atoms. The second-order valence-electron chi connectivity index (χ2n) is 8.11. The number of carbonyl (C=O) groups excluding carboxylic acids is 2. The highest BCUT2D eigenvalue weighted by Gasteiger charge is 2.51. The lowest BCUT2D eigenvalue weighted by molar-refractivity contribution is -0.161. The number of aliphatic carboxylic acids is 1. The number of hydrogen-bond donors (Lipinski definition) is 4. The van der Waals surface area contributed by atoms with E-state index < -0.39 is 57.2 Å². The van der Waals surface area contributed by atoms with E-state index >= 15 is 0 Å². The molecule has 3 rings (SSSR count). The molecule has 0 spiro atoms. The average molecular weight is 539 g/mol. The minimum absolute atomic E-state index is 0.0789. The molecule has 0 radical (unpaired) electrons. The lowest BCUT2D eigenvalue weighted by Crippen LogP contribution is -2.67. The molecule has 1 unspecified atom stereocenters. The van der Waals surface area contributed by atoms with Crippen LogP contribution in [0.25, 0.3) is 0 Å². The molecular formula is C22H21ClN3O9S-. The quantitative estimate of drug-likeness (QED) is 0.122. The second kappa shape index (κ2) is 10.5. The van der Waals surface area contributed by atoms with Crippen LogP contribution in [-0.2, 0) is 20.7 Å². The first kappa shape index (κ1) is 26.9. The lowest BCUT2D eigenvalue weighted by atomic mass is 9.92. The standard InChI is InChI=1S/C22H22ClN3O9S/c1-11-9-16(28)26(11)19(21(31)32)22(2,36(33)34)10-24-35-13-5-3-12(4-6-13)25-20(30)14-7-8-15(27)18(29)17(14)23/h3-8,10-11,19,27,29H,9H2,1-2H3,(H,25,30)(H,31,32)(H,33,34)/p-1/b24-10+/t11-,19+,22+/m1/s1. The molecule has 1 saturated heterocycles. The van der Waals surface area contributed by atoms with Gasteiger partial charge in [-0.05, 0) is 61.3 Å². The second-order valence-corrected chi connectivity index (χ2v) is 9.84. The number of carboxylic acid groups (broad SMARTS) is 1. The molecule has 1 fully saturated rings. The van der Waals surface area contributed by atoms with E-state index in [1.165, 1.54) is 30.3 Å². The third-order valence-electron chi connectivity index (χ3n) is 5.57. The molecule has 4 N–H and O–H groups in total. The maximum atomic E-state index is 12.4. The fourth-order valence-corrected chi connectivity index (χ4v) is 4.32. The van der Waals surface area contributed by atoms with Gasteiger partial charge in [0.15, 0.2) is 23.3 Å². The fourth-order valence-electron chi connectivity index (χ4n) is 3.55. The lowest BCUT2D eigenvalue weighted by Gasteiger charge is -2.48. The van der Waals surface area contributed by atoms with Gasteiger partial charge in [0, 0.05) is 18.2 Å². The van der Waals surface area contributed by atoms with E-state index in [1.54, 1.807) is 6.92 Å². The number of β-lactam (4-membered cyclic amide) rings is 1. The SMILES string of the molecule is C[C@@H]1CC(=O)N1[C@@H](C(=O)O)[C@](C)(/C=N/Oc1ccc(NC(=O)c2ccc(O)c(O)c2Cl)cc1)S(=O)[O-]. The maximum Gasteiger partial charge on any atom is 0.328 e. The summed E-state index contributed by atoms with van der Waals surface area (Å²) < 4.78 is 21.9. The van der Waals surface area contributed by atoms with E-state index in [2.05, 4.69) is 10.5 Å². The first-order valence-corrected chi connectivity index (χ1v) is 11.8. The maximum absolute atomic E-state index is 12.4. The number of nitrogens with zero attached hydrogens (tertiary/aromatic N) is 2. The zero-order valence-electron chi connectivity index (χ0n) is 18.9. The van der Waals surface area contributed by atoms with Crippen molar-refractivity contribution in [2.75, 3.05) is 5.32 Å². The van der Waals surface area contributed by atoms with Crippen LogP contribution in [0.4, 0.5) is 5.69 Å². The molecule has 0 aromatic heterocycles. The Morgan fingerprint density at radius 3 is 2.47 bits per heavy atom. The van der Waals surface area contributed by atoms with Crippen molar-refractivity contribution in [2.24, 2.45) is 5.16 Å². The van der Waals surface area contributed by atoms with E-state index in [4.69, 9.17) is 16.4 Å². The predicted molar refractivity (Wildman–Crippen MR) is 128 cm³/mol. The van der Waals surface area contributed by atoms with Crippen molar-refractivity contribution in [3.63, 3.8) is 0 Å². The van der Waals surface area contributed by atoms with Crippen molar-refractivity contribution < 1.29 is 43.3 Å². The Balaban J connectivity index is 1.71. The van der Waals surface area contributed by atoms with Crippen LogP contribution in [0.5, 0.6) is 17.2 Å². The number of halogens is 1. The number of rotatable bonds is 9. The largest absolute Gasteiger partial charge is 0.772 e. The van der Waals surface area contributed by atoms with Crippen LogP contribution < -0.4 is 10.2 Å². The molecular weight excluding hydrogens is 518 g/mol. The van der Waals surface area contributed by atoms with E-state index in [-0.39, 0.29) is 22.8 Å². The molecule has 2 aromatic rings. The zero-order valence-corrected chi connectivity index (χ0v) is 20.4. The van der Waals surface area contributed by atoms with Crippen LogP contribution in [0.3, 0.4) is 0 Å². The van der Waals surface area contributed by atoms with Crippen molar-refractivity contribution in [1.82, 2.24) is 4.90 Å². The summed E-state index contributed by atoms with van der Waals surface area (Å²) >= 11 is 2.91. The number of likely N-dealkylation sites (tertiary alicyclic amines) is 1. The normalized spacial score (nSPS) is 18.7. The van der Waals surface area contributed by atoms with Gasteiger partial charge >= 0.3 is 5.97 Å². The summed E-state index contributed by atoms with van der Waals surface area (Å²) in [7, 11) is 0. The molecule has 192 valence electrons. The molecule has 2 aromatic carbocycles. The van der Waals surface area contributed by atoms with Gasteiger partial charge < -0.3 is 34.9 Å². The van der Waals surface area contributed by atoms with Gasteiger partial charge in [-0.2, -0.15) is 0 Å². The number of benzene rings is 2. The summed E-state index contributed by atoms with van der Waals surface area (Å²) in [5, 5.41) is 34.6. The highest BCUT2D eigenvalue weighted by molar-refractivity contribution is 7.81. The summed E-state index contributed by atoms with van der Waals surface area (Å²) in [6, 6.07) is 5.84. The van der Waals surface area contributed by atoms with Crippen LogP contribution in [0, 0.1) is 0 Å².